The molecule has 3 heterocycles. The molecule has 1 N–H and O–H groups in total. The van der Waals surface area contributed by atoms with Crippen LogP contribution in [0.3, 0.4) is 0 Å². The summed E-state index contributed by atoms with van der Waals surface area (Å²) in [6.45, 7) is 2.99. The second kappa shape index (κ2) is 6.23. The summed E-state index contributed by atoms with van der Waals surface area (Å²) < 4.78 is 11.4. The van der Waals surface area contributed by atoms with Gasteiger partial charge in [-0.1, -0.05) is 5.16 Å². The number of hydrogen-bond donors (Lipinski definition) is 1. The molecule has 0 radical (unpaired) electrons. The Kier molecular flexibility index (Phi) is 3.85. The summed E-state index contributed by atoms with van der Waals surface area (Å²) >= 11 is 0. The van der Waals surface area contributed by atoms with Crippen molar-refractivity contribution in [3.05, 3.63) is 34.7 Å². The molecule has 3 aliphatic rings. The van der Waals surface area contributed by atoms with Crippen LogP contribution in [0.15, 0.2) is 10.6 Å². The number of nitrogens with one attached hydrogen (secondary N) is 1. The summed E-state index contributed by atoms with van der Waals surface area (Å²) in [6, 6.07) is 2.03. The lowest BCUT2D eigenvalue weighted by Gasteiger charge is -2.35. The summed E-state index contributed by atoms with van der Waals surface area (Å²) in [5.41, 5.74) is 3.21. The van der Waals surface area contributed by atoms with E-state index < -0.39 is 0 Å². The number of aromatic nitrogens is 3. The third-order valence-electron chi connectivity index (χ3n) is 5.57. The van der Waals surface area contributed by atoms with Crippen LogP contribution in [0.4, 0.5) is 0 Å². The minimum atomic E-state index is -0.354. The SMILES string of the molecule is C[C@@H]1CN(C(=O)c2cc3c([nH]2)CCCC3)C[C@H](c2nc(C3CC3)no2)O1. The van der Waals surface area contributed by atoms with Crippen molar-refractivity contribution < 1.29 is 14.1 Å². The van der Waals surface area contributed by atoms with Gasteiger partial charge in [0.2, 0.25) is 0 Å². The number of aryl methyl sites for hydroxylation is 2. The maximum atomic E-state index is 13.0. The van der Waals surface area contributed by atoms with Gasteiger partial charge >= 0.3 is 0 Å². The molecule has 1 amide bonds. The van der Waals surface area contributed by atoms with Crippen molar-refractivity contribution in [1.82, 2.24) is 20.0 Å². The summed E-state index contributed by atoms with van der Waals surface area (Å²) in [6.07, 6.45) is 6.33. The van der Waals surface area contributed by atoms with E-state index in [0.29, 0.717) is 30.6 Å². The summed E-state index contributed by atoms with van der Waals surface area (Å²) in [5, 5.41) is 4.07. The Bertz CT molecular complexity index is 799. The number of rotatable bonds is 3. The molecular formula is C19H24N4O3. The average molecular weight is 356 g/mol. The van der Waals surface area contributed by atoms with Crippen molar-refractivity contribution in [3.8, 4) is 0 Å². The normalized spacial score (nSPS) is 26.0. The van der Waals surface area contributed by atoms with Gasteiger partial charge in [-0.15, -0.1) is 0 Å². The van der Waals surface area contributed by atoms with Crippen LogP contribution < -0.4 is 0 Å². The summed E-state index contributed by atoms with van der Waals surface area (Å²) in [5.74, 6) is 1.73. The fourth-order valence-corrected chi connectivity index (χ4v) is 4.03. The van der Waals surface area contributed by atoms with Crippen molar-refractivity contribution >= 4 is 5.91 Å². The molecule has 2 aliphatic carbocycles. The fraction of sp³-hybridized carbons (Fsp3) is 0.632. The molecule has 5 rings (SSSR count). The molecule has 1 aliphatic heterocycles. The maximum absolute atomic E-state index is 13.0. The molecule has 2 aromatic rings. The zero-order chi connectivity index (χ0) is 17.7. The zero-order valence-electron chi connectivity index (χ0n) is 15.0. The molecule has 0 aromatic carbocycles. The van der Waals surface area contributed by atoms with Gasteiger partial charge in [0.25, 0.3) is 11.8 Å². The van der Waals surface area contributed by atoms with E-state index in [2.05, 4.69) is 15.1 Å². The Hall–Kier alpha value is -2.15. The van der Waals surface area contributed by atoms with E-state index in [4.69, 9.17) is 9.26 Å². The summed E-state index contributed by atoms with van der Waals surface area (Å²) in [7, 11) is 0. The van der Waals surface area contributed by atoms with Crippen LogP contribution in [-0.4, -0.2) is 45.1 Å². The minimum Gasteiger partial charge on any atom is -0.362 e. The Labute approximate surface area is 152 Å². The van der Waals surface area contributed by atoms with Crippen molar-refractivity contribution in [2.45, 2.75) is 63.6 Å². The van der Waals surface area contributed by atoms with Gasteiger partial charge < -0.3 is 19.1 Å². The molecule has 138 valence electrons. The molecule has 0 unspecified atom stereocenters. The molecule has 0 spiro atoms. The third-order valence-corrected chi connectivity index (χ3v) is 5.57. The predicted octanol–water partition coefficient (Wildman–Crippen LogP) is 2.76. The van der Waals surface area contributed by atoms with E-state index in [1.807, 2.05) is 17.9 Å². The molecular weight excluding hydrogens is 332 g/mol. The molecule has 7 nitrogen and oxygen atoms in total. The van der Waals surface area contributed by atoms with Crippen molar-refractivity contribution in [3.63, 3.8) is 0 Å². The second-order valence-electron chi connectivity index (χ2n) is 7.80. The minimum absolute atomic E-state index is 0.0291. The van der Waals surface area contributed by atoms with Crippen LogP contribution in [0, 0.1) is 0 Å². The highest BCUT2D eigenvalue weighted by Gasteiger charge is 2.36. The number of carbonyl (C=O) groups is 1. The van der Waals surface area contributed by atoms with E-state index in [1.165, 1.54) is 24.1 Å². The van der Waals surface area contributed by atoms with Crippen molar-refractivity contribution in [1.29, 1.82) is 0 Å². The Morgan fingerprint density at radius 3 is 2.92 bits per heavy atom. The highest BCUT2D eigenvalue weighted by molar-refractivity contribution is 5.93. The number of morpholine rings is 1. The Morgan fingerprint density at radius 2 is 2.12 bits per heavy atom. The molecule has 26 heavy (non-hydrogen) atoms. The number of nitrogens with zero attached hydrogens (tertiary/aromatic N) is 3. The molecule has 2 fully saturated rings. The number of aromatic amines is 1. The van der Waals surface area contributed by atoms with Crippen LogP contribution in [0.25, 0.3) is 0 Å². The highest BCUT2D eigenvalue weighted by Crippen LogP contribution is 2.39. The number of hydrogen-bond acceptors (Lipinski definition) is 5. The van der Waals surface area contributed by atoms with Crippen LogP contribution in [0.5, 0.6) is 0 Å². The average Bonchev–Trinajstić information content (AvgIpc) is 3.21. The maximum Gasteiger partial charge on any atom is 0.270 e. The van der Waals surface area contributed by atoms with E-state index in [0.717, 1.165) is 31.5 Å². The second-order valence-corrected chi connectivity index (χ2v) is 7.80. The quantitative estimate of drug-likeness (QED) is 0.914. The van der Waals surface area contributed by atoms with Gasteiger partial charge in [-0.25, -0.2) is 0 Å². The van der Waals surface area contributed by atoms with Crippen LogP contribution >= 0.6 is 0 Å². The topological polar surface area (TPSA) is 84.3 Å². The van der Waals surface area contributed by atoms with Gasteiger partial charge in [-0.05, 0) is 57.1 Å². The smallest absolute Gasteiger partial charge is 0.270 e. The number of fused-ring (bicyclic) bond motifs is 1. The fourth-order valence-electron chi connectivity index (χ4n) is 4.03. The van der Waals surface area contributed by atoms with E-state index in [1.54, 1.807) is 0 Å². The van der Waals surface area contributed by atoms with E-state index in [9.17, 15) is 4.79 Å². The predicted molar refractivity (Wildman–Crippen MR) is 92.9 cm³/mol. The molecule has 1 saturated carbocycles. The van der Waals surface area contributed by atoms with E-state index in [-0.39, 0.29) is 18.1 Å². The van der Waals surface area contributed by atoms with Crippen molar-refractivity contribution in [2.75, 3.05) is 13.1 Å². The number of ether oxygens (including phenoxy) is 1. The zero-order valence-corrected chi connectivity index (χ0v) is 15.0. The molecule has 2 atom stereocenters. The largest absolute Gasteiger partial charge is 0.362 e. The first-order chi connectivity index (χ1) is 12.7. The lowest BCUT2D eigenvalue weighted by molar-refractivity contribution is -0.0811. The first-order valence-electron chi connectivity index (χ1n) is 9.66. The van der Waals surface area contributed by atoms with Gasteiger partial charge in [0, 0.05) is 18.2 Å². The molecule has 2 aromatic heterocycles. The monoisotopic (exact) mass is 356 g/mol. The lowest BCUT2D eigenvalue weighted by atomic mass is 9.98. The standard InChI is InChI=1S/C19H24N4O3/c1-11-9-23(19(24)15-8-13-4-2-3-5-14(13)20-15)10-16(25-11)18-21-17(22-26-18)12-6-7-12/h8,11-12,16,20H,2-7,9-10H2,1H3/t11-,16-/m1/s1. The van der Waals surface area contributed by atoms with Crippen LogP contribution in [0.1, 0.15) is 78.1 Å². The first kappa shape index (κ1) is 16.1. The Morgan fingerprint density at radius 1 is 1.27 bits per heavy atom. The number of H-pyrrole nitrogens is 1. The van der Waals surface area contributed by atoms with Gasteiger partial charge in [0.1, 0.15) is 5.69 Å². The van der Waals surface area contributed by atoms with E-state index >= 15 is 0 Å². The van der Waals surface area contributed by atoms with Gasteiger partial charge in [0.15, 0.2) is 11.9 Å². The summed E-state index contributed by atoms with van der Waals surface area (Å²) in [4.78, 5) is 22.7. The number of carbonyl (C=O) groups excluding carboxylic acids is 1. The highest BCUT2D eigenvalue weighted by atomic mass is 16.5. The lowest BCUT2D eigenvalue weighted by Crippen LogP contribution is -2.46. The Balaban J connectivity index is 1.34. The third kappa shape index (κ3) is 2.94. The van der Waals surface area contributed by atoms with Crippen LogP contribution in [0.2, 0.25) is 0 Å². The van der Waals surface area contributed by atoms with Gasteiger partial charge in [0.05, 0.1) is 12.6 Å². The first-order valence-corrected chi connectivity index (χ1v) is 9.66. The molecule has 1 saturated heterocycles. The van der Waals surface area contributed by atoms with Gasteiger partial charge in [-0.3, -0.25) is 4.79 Å². The number of amides is 1. The molecule has 0 bridgehead atoms. The van der Waals surface area contributed by atoms with Gasteiger partial charge in [-0.2, -0.15) is 4.98 Å². The van der Waals surface area contributed by atoms with Crippen molar-refractivity contribution in [2.24, 2.45) is 0 Å². The van der Waals surface area contributed by atoms with Crippen LogP contribution in [-0.2, 0) is 17.6 Å². The molecule has 7 heteroatoms.